The maximum atomic E-state index is 12.4. The molecular weight excluding hydrogens is 324 g/mol. The van der Waals surface area contributed by atoms with Gasteiger partial charge in [0.15, 0.2) is 17.6 Å². The molecule has 25 heavy (non-hydrogen) atoms. The summed E-state index contributed by atoms with van der Waals surface area (Å²) in [4.78, 5) is 24.4. The maximum absolute atomic E-state index is 12.4. The van der Waals surface area contributed by atoms with Crippen molar-refractivity contribution in [3.8, 4) is 11.5 Å². The molecule has 136 valence electrons. The van der Waals surface area contributed by atoms with E-state index < -0.39 is 17.9 Å². The summed E-state index contributed by atoms with van der Waals surface area (Å²) in [6.07, 6.45) is 0.181. The Hall–Kier alpha value is -2.50. The first-order valence-corrected chi connectivity index (χ1v) is 8.25. The maximum Gasteiger partial charge on any atom is 0.346 e. The summed E-state index contributed by atoms with van der Waals surface area (Å²) in [6, 6.07) is 5.32. The van der Waals surface area contributed by atoms with Crippen LogP contribution in [0.25, 0.3) is 0 Å². The van der Waals surface area contributed by atoms with Crippen LogP contribution in [0.15, 0.2) is 29.5 Å². The first-order valence-electron chi connectivity index (χ1n) is 8.25. The van der Waals surface area contributed by atoms with Gasteiger partial charge in [-0.15, -0.1) is 0 Å². The Morgan fingerprint density at radius 3 is 2.60 bits per heavy atom. The minimum absolute atomic E-state index is 0.0619. The lowest BCUT2D eigenvalue weighted by Crippen LogP contribution is -2.14. The Morgan fingerprint density at radius 1 is 1.28 bits per heavy atom. The van der Waals surface area contributed by atoms with E-state index in [0.717, 1.165) is 5.56 Å². The second-order valence-corrected chi connectivity index (χ2v) is 6.38. The number of Topliss-reactive ketones (excluding diaryl/α,β-unsaturated/α-hetero) is 1. The number of hydrogen-bond donors (Lipinski definition) is 1. The summed E-state index contributed by atoms with van der Waals surface area (Å²) < 4.78 is 15.6. The summed E-state index contributed by atoms with van der Waals surface area (Å²) >= 11 is 0. The van der Waals surface area contributed by atoms with Crippen molar-refractivity contribution < 1.29 is 28.9 Å². The highest BCUT2D eigenvalue weighted by Gasteiger charge is 2.38. The lowest BCUT2D eigenvalue weighted by atomic mass is 9.99. The highest BCUT2D eigenvalue weighted by atomic mass is 16.6. The molecule has 1 heterocycles. The third-order valence-electron chi connectivity index (χ3n) is 4.09. The number of carbonyl (C=O) groups excluding carboxylic acids is 2. The van der Waals surface area contributed by atoms with E-state index in [0.29, 0.717) is 24.3 Å². The zero-order valence-electron chi connectivity index (χ0n) is 15.0. The number of aryl methyl sites for hydroxylation is 1. The molecule has 0 aliphatic carbocycles. The molecule has 1 N–H and O–H groups in total. The van der Waals surface area contributed by atoms with E-state index in [1.165, 1.54) is 0 Å². The van der Waals surface area contributed by atoms with Crippen LogP contribution in [0.2, 0.25) is 0 Å². The zero-order chi connectivity index (χ0) is 18.6. The molecule has 2 rings (SSSR count). The normalized spacial score (nSPS) is 17.0. The number of rotatable bonds is 8. The highest BCUT2D eigenvalue weighted by Crippen LogP contribution is 2.29. The Bertz CT molecular complexity index is 689. The molecule has 6 heteroatoms. The molecule has 1 aromatic carbocycles. The standard InChI is InChI=1S/C19H24O6/c1-11(2)9-16-18(21)17(19(22)25-16)14(20)7-5-12-10-13(23-3)6-8-15(12)24-4/h6,8,10-11,16,21H,5,7,9H2,1-4H3. The van der Waals surface area contributed by atoms with Crippen LogP contribution >= 0.6 is 0 Å². The van der Waals surface area contributed by atoms with Crippen LogP contribution in [-0.4, -0.2) is 37.2 Å². The van der Waals surface area contributed by atoms with E-state index >= 15 is 0 Å². The SMILES string of the molecule is COc1ccc(OC)c(CCC(=O)C2=C(O)C(CC(C)C)OC2=O)c1. The summed E-state index contributed by atoms with van der Waals surface area (Å²) in [5.41, 5.74) is 0.563. The van der Waals surface area contributed by atoms with Gasteiger partial charge in [-0.2, -0.15) is 0 Å². The minimum atomic E-state index is -0.745. The van der Waals surface area contributed by atoms with E-state index in [-0.39, 0.29) is 23.7 Å². The molecule has 1 aromatic rings. The molecule has 6 nitrogen and oxygen atoms in total. The fraction of sp³-hybridized carbons (Fsp3) is 0.474. The number of cyclic esters (lactones) is 1. The van der Waals surface area contributed by atoms with Crippen molar-refractivity contribution in [1.29, 1.82) is 0 Å². The van der Waals surface area contributed by atoms with Gasteiger partial charge in [0.2, 0.25) is 0 Å². The van der Waals surface area contributed by atoms with Crippen LogP contribution in [0.4, 0.5) is 0 Å². The van der Waals surface area contributed by atoms with Gasteiger partial charge in [-0.1, -0.05) is 13.8 Å². The third kappa shape index (κ3) is 4.32. The summed E-state index contributed by atoms with van der Waals surface area (Å²) in [5, 5.41) is 10.2. The van der Waals surface area contributed by atoms with Gasteiger partial charge in [0, 0.05) is 6.42 Å². The number of ketones is 1. The van der Waals surface area contributed by atoms with Crippen LogP contribution in [0.3, 0.4) is 0 Å². The first kappa shape index (κ1) is 18.8. The van der Waals surface area contributed by atoms with Crippen molar-refractivity contribution in [3.05, 3.63) is 35.1 Å². The molecule has 0 radical (unpaired) electrons. The average Bonchev–Trinajstić information content (AvgIpc) is 2.85. The topological polar surface area (TPSA) is 82.1 Å². The Balaban J connectivity index is 2.12. The fourth-order valence-electron chi connectivity index (χ4n) is 2.80. The van der Waals surface area contributed by atoms with E-state index in [1.54, 1.807) is 32.4 Å². The van der Waals surface area contributed by atoms with Crippen LogP contribution < -0.4 is 9.47 Å². The van der Waals surface area contributed by atoms with Crippen molar-refractivity contribution in [2.45, 2.75) is 39.2 Å². The van der Waals surface area contributed by atoms with Crippen molar-refractivity contribution in [2.24, 2.45) is 5.92 Å². The quantitative estimate of drug-likeness (QED) is 0.574. The molecule has 1 aliphatic heterocycles. The number of hydrogen-bond acceptors (Lipinski definition) is 6. The van der Waals surface area contributed by atoms with E-state index in [2.05, 4.69) is 0 Å². The number of carbonyl (C=O) groups is 2. The van der Waals surface area contributed by atoms with Gasteiger partial charge in [0.1, 0.15) is 17.1 Å². The van der Waals surface area contributed by atoms with Crippen LogP contribution in [-0.2, 0) is 20.7 Å². The van der Waals surface area contributed by atoms with Gasteiger partial charge in [-0.05, 0) is 42.5 Å². The highest BCUT2D eigenvalue weighted by molar-refractivity contribution is 6.19. The number of aliphatic hydroxyl groups excluding tert-OH is 1. The van der Waals surface area contributed by atoms with Gasteiger partial charge >= 0.3 is 5.97 Å². The van der Waals surface area contributed by atoms with E-state index in [9.17, 15) is 14.7 Å². The molecule has 1 atom stereocenters. The van der Waals surface area contributed by atoms with Crippen LogP contribution in [0, 0.1) is 5.92 Å². The predicted octanol–water partition coefficient (Wildman–Crippen LogP) is 2.99. The summed E-state index contributed by atoms with van der Waals surface area (Å²) in [5.74, 6) is 0.0993. The monoisotopic (exact) mass is 348 g/mol. The largest absolute Gasteiger partial charge is 0.507 e. The van der Waals surface area contributed by atoms with E-state index in [4.69, 9.17) is 14.2 Å². The molecule has 0 spiro atoms. The number of esters is 1. The van der Waals surface area contributed by atoms with Gasteiger partial charge in [0.05, 0.1) is 14.2 Å². The van der Waals surface area contributed by atoms with Crippen molar-refractivity contribution in [3.63, 3.8) is 0 Å². The number of methoxy groups -OCH3 is 2. The van der Waals surface area contributed by atoms with Crippen molar-refractivity contribution in [2.75, 3.05) is 14.2 Å². The lowest BCUT2D eigenvalue weighted by molar-refractivity contribution is -0.141. The van der Waals surface area contributed by atoms with Crippen molar-refractivity contribution >= 4 is 11.8 Å². The summed E-state index contributed by atoms with van der Waals surface area (Å²) in [7, 11) is 3.11. The summed E-state index contributed by atoms with van der Waals surface area (Å²) in [6.45, 7) is 3.91. The molecule has 0 bridgehead atoms. The zero-order valence-corrected chi connectivity index (χ0v) is 15.0. The van der Waals surface area contributed by atoms with Gasteiger partial charge in [-0.25, -0.2) is 4.79 Å². The number of ether oxygens (including phenoxy) is 3. The molecule has 0 fully saturated rings. The lowest BCUT2D eigenvalue weighted by Gasteiger charge is -2.11. The number of benzene rings is 1. The van der Waals surface area contributed by atoms with E-state index in [1.807, 2.05) is 13.8 Å². The third-order valence-corrected chi connectivity index (χ3v) is 4.09. The first-order chi connectivity index (χ1) is 11.9. The molecule has 1 aliphatic rings. The minimum Gasteiger partial charge on any atom is -0.507 e. The molecular formula is C19H24O6. The van der Waals surface area contributed by atoms with Crippen LogP contribution in [0.5, 0.6) is 11.5 Å². The fourth-order valence-corrected chi connectivity index (χ4v) is 2.80. The predicted molar refractivity (Wildman–Crippen MR) is 91.9 cm³/mol. The molecule has 0 amide bonds. The smallest absolute Gasteiger partial charge is 0.346 e. The Labute approximate surface area is 147 Å². The molecule has 1 unspecified atom stereocenters. The second-order valence-electron chi connectivity index (χ2n) is 6.38. The van der Waals surface area contributed by atoms with Crippen molar-refractivity contribution in [1.82, 2.24) is 0 Å². The van der Waals surface area contributed by atoms with Crippen LogP contribution in [0.1, 0.15) is 32.3 Å². The Kier molecular flexibility index (Phi) is 6.07. The van der Waals surface area contributed by atoms with Gasteiger partial charge in [-0.3, -0.25) is 4.79 Å². The molecule has 0 saturated heterocycles. The Morgan fingerprint density at radius 2 is 2.00 bits per heavy atom. The van der Waals surface area contributed by atoms with Gasteiger partial charge in [0.25, 0.3) is 0 Å². The molecule has 0 saturated carbocycles. The second kappa shape index (κ2) is 8.05. The van der Waals surface area contributed by atoms with Gasteiger partial charge < -0.3 is 19.3 Å². The molecule has 0 aromatic heterocycles. The average molecular weight is 348 g/mol. The number of aliphatic hydroxyl groups is 1.